The average molecular weight is 318 g/mol. The van der Waals surface area contributed by atoms with E-state index in [4.69, 9.17) is 11.6 Å². The van der Waals surface area contributed by atoms with Crippen molar-refractivity contribution in [3.05, 3.63) is 40.4 Å². The van der Waals surface area contributed by atoms with Crippen LogP contribution in [0.4, 0.5) is 5.69 Å². The predicted molar refractivity (Wildman–Crippen MR) is 91.6 cm³/mol. The lowest BCUT2D eigenvalue weighted by molar-refractivity contribution is 1.13. The lowest BCUT2D eigenvalue weighted by Gasteiger charge is -2.13. The van der Waals surface area contributed by atoms with Gasteiger partial charge in [-0.25, -0.2) is 9.97 Å². The highest BCUT2D eigenvalue weighted by Gasteiger charge is 2.11. The predicted octanol–water partition coefficient (Wildman–Crippen LogP) is 4.64. The highest BCUT2D eigenvalue weighted by atomic mass is 35.5. The van der Waals surface area contributed by atoms with Crippen LogP contribution in [0.2, 0.25) is 5.15 Å². The second kappa shape index (κ2) is 5.62. The van der Waals surface area contributed by atoms with Gasteiger partial charge in [-0.1, -0.05) is 18.5 Å². The Kier molecular flexibility index (Phi) is 3.83. The van der Waals surface area contributed by atoms with Crippen LogP contribution in [0.15, 0.2) is 30.3 Å². The van der Waals surface area contributed by atoms with E-state index in [1.54, 1.807) is 11.3 Å². The maximum atomic E-state index is 6.36. The van der Waals surface area contributed by atoms with Gasteiger partial charge < -0.3 is 4.90 Å². The maximum Gasteiger partial charge on any atom is 0.171 e. The third-order valence-corrected chi connectivity index (χ3v) is 4.89. The number of hydrogen-bond donors (Lipinski definition) is 0. The number of halogens is 1. The molecule has 0 unspecified atom stereocenters. The van der Waals surface area contributed by atoms with Crippen LogP contribution in [-0.4, -0.2) is 24.1 Å². The van der Waals surface area contributed by atoms with Gasteiger partial charge in [0.1, 0.15) is 5.15 Å². The van der Waals surface area contributed by atoms with Crippen LogP contribution in [0.5, 0.6) is 0 Å². The van der Waals surface area contributed by atoms with Gasteiger partial charge in [-0.3, -0.25) is 0 Å². The number of aromatic nitrogens is 2. The quantitative estimate of drug-likeness (QED) is 0.659. The second-order valence-corrected chi connectivity index (χ2v) is 6.58. The van der Waals surface area contributed by atoms with Crippen LogP contribution in [0.1, 0.15) is 11.8 Å². The Bertz CT molecular complexity index is 795. The normalized spacial score (nSPS) is 11.0. The number of hydrogen-bond acceptors (Lipinski definition) is 4. The van der Waals surface area contributed by atoms with Gasteiger partial charge in [-0.05, 0) is 36.8 Å². The molecule has 21 heavy (non-hydrogen) atoms. The van der Waals surface area contributed by atoms with Gasteiger partial charge >= 0.3 is 0 Å². The van der Waals surface area contributed by atoms with E-state index in [9.17, 15) is 0 Å². The maximum absolute atomic E-state index is 6.36. The van der Waals surface area contributed by atoms with Crippen LogP contribution >= 0.6 is 22.9 Å². The fourth-order valence-electron chi connectivity index (χ4n) is 2.16. The summed E-state index contributed by atoms with van der Waals surface area (Å²) >= 11 is 8.08. The molecule has 0 saturated heterocycles. The van der Waals surface area contributed by atoms with Crippen molar-refractivity contribution < 1.29 is 0 Å². The largest absolute Gasteiger partial charge is 0.378 e. The third kappa shape index (κ3) is 2.74. The number of fused-ring (bicyclic) bond motifs is 1. The first-order valence-electron chi connectivity index (χ1n) is 6.82. The minimum absolute atomic E-state index is 0.505. The summed E-state index contributed by atoms with van der Waals surface area (Å²) in [5, 5.41) is 1.39. The summed E-state index contributed by atoms with van der Waals surface area (Å²) in [5.41, 5.74) is 1.96. The van der Waals surface area contributed by atoms with Crippen molar-refractivity contribution in [1.29, 1.82) is 0 Å². The first-order valence-corrected chi connectivity index (χ1v) is 8.01. The monoisotopic (exact) mass is 317 g/mol. The second-order valence-electron chi connectivity index (χ2n) is 5.05. The molecule has 0 radical (unpaired) electrons. The van der Waals surface area contributed by atoms with Crippen LogP contribution in [0, 0.1) is 0 Å². The van der Waals surface area contributed by atoms with Crippen molar-refractivity contribution in [2.24, 2.45) is 0 Å². The third-order valence-electron chi connectivity index (χ3n) is 3.38. The number of aryl methyl sites for hydroxylation is 1. The number of anilines is 1. The molecule has 0 fully saturated rings. The van der Waals surface area contributed by atoms with E-state index < -0.39 is 0 Å². The van der Waals surface area contributed by atoms with Gasteiger partial charge in [0, 0.05) is 30.0 Å². The molecule has 3 nitrogen and oxygen atoms in total. The van der Waals surface area contributed by atoms with E-state index in [-0.39, 0.29) is 0 Å². The molecule has 0 aliphatic rings. The summed E-state index contributed by atoms with van der Waals surface area (Å²) in [6.45, 7) is 2.15. The van der Waals surface area contributed by atoms with Gasteiger partial charge in [0.05, 0.1) is 10.4 Å². The summed E-state index contributed by atoms with van der Waals surface area (Å²) in [6.07, 6.45) is 1.03. The van der Waals surface area contributed by atoms with E-state index in [1.165, 1.54) is 4.88 Å². The SMILES string of the molecule is CCc1ccc(-c2nc(Cl)c3cc(N(C)C)ccc3n2)s1. The highest BCUT2D eigenvalue weighted by Crippen LogP contribution is 2.31. The van der Waals surface area contributed by atoms with E-state index in [0.717, 1.165) is 27.9 Å². The number of rotatable bonds is 3. The van der Waals surface area contributed by atoms with Crippen molar-refractivity contribution in [2.75, 3.05) is 19.0 Å². The topological polar surface area (TPSA) is 29.0 Å². The van der Waals surface area contributed by atoms with Crippen molar-refractivity contribution in [2.45, 2.75) is 13.3 Å². The molecule has 0 saturated carbocycles. The summed E-state index contributed by atoms with van der Waals surface area (Å²) < 4.78 is 0. The van der Waals surface area contributed by atoms with Crippen molar-refractivity contribution in [3.63, 3.8) is 0 Å². The molecule has 2 heterocycles. The van der Waals surface area contributed by atoms with E-state index in [1.807, 2.05) is 37.2 Å². The minimum Gasteiger partial charge on any atom is -0.378 e. The summed E-state index contributed by atoms with van der Waals surface area (Å²) in [6, 6.07) is 10.2. The molecule has 2 aromatic heterocycles. The zero-order valence-corrected chi connectivity index (χ0v) is 13.8. The standard InChI is InChI=1S/C16H16ClN3S/c1-4-11-6-8-14(21-11)16-18-13-7-5-10(20(2)3)9-12(13)15(17)19-16/h5-9H,4H2,1-3H3. The van der Waals surface area contributed by atoms with Crippen LogP contribution < -0.4 is 4.90 Å². The molecule has 0 aliphatic carbocycles. The lowest BCUT2D eigenvalue weighted by Crippen LogP contribution is -2.08. The van der Waals surface area contributed by atoms with Crippen LogP contribution in [0.3, 0.4) is 0 Å². The van der Waals surface area contributed by atoms with Crippen LogP contribution in [0.25, 0.3) is 21.6 Å². The Hall–Kier alpha value is -1.65. The number of benzene rings is 1. The van der Waals surface area contributed by atoms with Crippen molar-refractivity contribution >= 4 is 39.5 Å². The van der Waals surface area contributed by atoms with Gasteiger partial charge in [0.25, 0.3) is 0 Å². The molecular formula is C16H16ClN3S. The Morgan fingerprint density at radius 3 is 2.62 bits per heavy atom. The van der Waals surface area contributed by atoms with Gasteiger partial charge in [-0.2, -0.15) is 0 Å². The van der Waals surface area contributed by atoms with Crippen molar-refractivity contribution in [3.8, 4) is 10.7 Å². The van der Waals surface area contributed by atoms with E-state index in [0.29, 0.717) is 11.0 Å². The zero-order valence-electron chi connectivity index (χ0n) is 12.2. The average Bonchev–Trinajstić information content (AvgIpc) is 2.95. The number of nitrogens with zero attached hydrogens (tertiary/aromatic N) is 3. The molecular weight excluding hydrogens is 302 g/mol. The molecule has 0 spiro atoms. The van der Waals surface area contributed by atoms with Gasteiger partial charge in [-0.15, -0.1) is 11.3 Å². The summed E-state index contributed by atoms with van der Waals surface area (Å²) in [7, 11) is 4.00. The first-order chi connectivity index (χ1) is 10.1. The molecule has 1 aromatic carbocycles. The summed E-state index contributed by atoms with van der Waals surface area (Å²) in [5.74, 6) is 0.704. The van der Waals surface area contributed by atoms with Crippen LogP contribution in [-0.2, 0) is 6.42 Å². The number of thiophene rings is 1. The van der Waals surface area contributed by atoms with E-state index >= 15 is 0 Å². The molecule has 0 amide bonds. The molecule has 108 valence electrons. The molecule has 0 N–H and O–H groups in total. The molecule has 5 heteroatoms. The Morgan fingerprint density at radius 1 is 1.14 bits per heavy atom. The Balaban J connectivity index is 2.12. The molecule has 0 bridgehead atoms. The Labute approximate surface area is 133 Å². The first kappa shape index (κ1) is 14.3. The smallest absolute Gasteiger partial charge is 0.171 e. The minimum atomic E-state index is 0.505. The lowest BCUT2D eigenvalue weighted by atomic mass is 10.2. The molecule has 0 atom stereocenters. The van der Waals surface area contributed by atoms with Crippen molar-refractivity contribution in [1.82, 2.24) is 9.97 Å². The van der Waals surface area contributed by atoms with Gasteiger partial charge in [0.2, 0.25) is 0 Å². The van der Waals surface area contributed by atoms with Gasteiger partial charge in [0.15, 0.2) is 5.82 Å². The molecule has 3 aromatic rings. The Morgan fingerprint density at radius 2 is 1.95 bits per heavy atom. The van der Waals surface area contributed by atoms with E-state index in [2.05, 4.69) is 29.0 Å². The highest BCUT2D eigenvalue weighted by molar-refractivity contribution is 7.15. The molecule has 0 aliphatic heterocycles. The fraction of sp³-hybridized carbons (Fsp3) is 0.250. The zero-order chi connectivity index (χ0) is 15.0. The summed E-state index contributed by atoms with van der Waals surface area (Å²) in [4.78, 5) is 13.5. The molecule has 3 rings (SSSR count). The fourth-order valence-corrected chi connectivity index (χ4v) is 3.27.